The Kier molecular flexibility index (Phi) is 6.99. The van der Waals surface area contributed by atoms with Crippen LogP contribution in [0.5, 0.6) is 0 Å². The van der Waals surface area contributed by atoms with Gasteiger partial charge in [-0.15, -0.1) is 11.3 Å². The summed E-state index contributed by atoms with van der Waals surface area (Å²) in [6.07, 6.45) is 2.05. The van der Waals surface area contributed by atoms with Crippen LogP contribution >= 0.6 is 11.3 Å². The molecule has 1 atom stereocenters. The van der Waals surface area contributed by atoms with Crippen molar-refractivity contribution < 1.29 is 9.53 Å². The average Bonchev–Trinajstić information content (AvgIpc) is 3.14. The summed E-state index contributed by atoms with van der Waals surface area (Å²) < 4.78 is 5.09. The van der Waals surface area contributed by atoms with Crippen LogP contribution in [-0.2, 0) is 11.2 Å². The minimum absolute atomic E-state index is 0.0538. The van der Waals surface area contributed by atoms with Gasteiger partial charge in [-0.2, -0.15) is 0 Å². The number of amides is 2. The predicted molar refractivity (Wildman–Crippen MR) is 85.8 cm³/mol. The van der Waals surface area contributed by atoms with Crippen molar-refractivity contribution in [2.45, 2.75) is 12.8 Å². The number of methoxy groups -OCH3 is 1. The maximum absolute atomic E-state index is 11.7. The summed E-state index contributed by atoms with van der Waals surface area (Å²) in [6, 6.07) is 4.08. The van der Waals surface area contributed by atoms with Gasteiger partial charge < -0.3 is 20.3 Å². The van der Waals surface area contributed by atoms with Gasteiger partial charge in [0.25, 0.3) is 0 Å². The molecule has 118 valence electrons. The summed E-state index contributed by atoms with van der Waals surface area (Å²) in [5, 5.41) is 7.95. The van der Waals surface area contributed by atoms with E-state index in [0.717, 1.165) is 45.6 Å². The van der Waals surface area contributed by atoms with Crippen molar-refractivity contribution in [2.75, 3.05) is 46.4 Å². The van der Waals surface area contributed by atoms with Crippen molar-refractivity contribution in [1.29, 1.82) is 0 Å². The highest BCUT2D eigenvalue weighted by Gasteiger charge is 2.22. The third-order valence-electron chi connectivity index (χ3n) is 3.77. The van der Waals surface area contributed by atoms with Crippen LogP contribution in [0.1, 0.15) is 11.3 Å². The van der Waals surface area contributed by atoms with Crippen LogP contribution in [0.2, 0.25) is 0 Å². The Bertz CT molecular complexity index is 411. The standard InChI is InChI=1S/C15H25N3O2S/c1-20-9-8-18-7-5-13(12-18)11-17-15(19)16-6-4-14-3-2-10-21-14/h2-3,10,13H,4-9,11-12H2,1H3,(H2,16,17,19). The van der Waals surface area contributed by atoms with Crippen LogP contribution in [0.15, 0.2) is 17.5 Å². The third-order valence-corrected chi connectivity index (χ3v) is 4.71. The van der Waals surface area contributed by atoms with Crippen molar-refractivity contribution in [3.05, 3.63) is 22.4 Å². The summed E-state index contributed by atoms with van der Waals surface area (Å²) in [6.45, 7) is 5.38. The van der Waals surface area contributed by atoms with E-state index in [4.69, 9.17) is 4.74 Å². The molecule has 0 spiro atoms. The maximum atomic E-state index is 11.7. The molecule has 1 aromatic heterocycles. The molecule has 2 amide bonds. The Balaban J connectivity index is 1.53. The highest BCUT2D eigenvalue weighted by atomic mass is 32.1. The molecule has 2 rings (SSSR count). The SMILES string of the molecule is COCCN1CCC(CNC(=O)NCCc2cccs2)C1. The molecule has 2 heterocycles. The van der Waals surface area contributed by atoms with Crippen LogP contribution in [0.25, 0.3) is 0 Å². The lowest BCUT2D eigenvalue weighted by Crippen LogP contribution is -2.39. The van der Waals surface area contributed by atoms with E-state index in [9.17, 15) is 4.79 Å². The van der Waals surface area contributed by atoms with Gasteiger partial charge in [-0.05, 0) is 36.8 Å². The van der Waals surface area contributed by atoms with Crippen molar-refractivity contribution in [3.63, 3.8) is 0 Å². The zero-order chi connectivity index (χ0) is 14.9. The predicted octanol–water partition coefficient (Wildman–Crippen LogP) is 1.56. The van der Waals surface area contributed by atoms with Crippen molar-refractivity contribution in [1.82, 2.24) is 15.5 Å². The number of nitrogens with zero attached hydrogens (tertiary/aromatic N) is 1. The minimum Gasteiger partial charge on any atom is -0.383 e. The number of hydrogen-bond donors (Lipinski definition) is 2. The van der Waals surface area contributed by atoms with Gasteiger partial charge in [-0.25, -0.2) is 4.79 Å². The van der Waals surface area contributed by atoms with Crippen LogP contribution in [0, 0.1) is 5.92 Å². The van der Waals surface area contributed by atoms with Crippen LogP contribution in [-0.4, -0.2) is 57.4 Å². The normalized spacial score (nSPS) is 18.8. The van der Waals surface area contributed by atoms with Crippen LogP contribution in [0.4, 0.5) is 4.79 Å². The number of carbonyl (C=O) groups is 1. The van der Waals surface area contributed by atoms with Gasteiger partial charge in [0.05, 0.1) is 6.61 Å². The van der Waals surface area contributed by atoms with Crippen LogP contribution in [0.3, 0.4) is 0 Å². The molecule has 1 saturated heterocycles. The van der Waals surface area contributed by atoms with Gasteiger partial charge in [0.2, 0.25) is 0 Å². The summed E-state index contributed by atoms with van der Waals surface area (Å²) >= 11 is 1.73. The minimum atomic E-state index is -0.0538. The Hall–Kier alpha value is -1.11. The van der Waals surface area contributed by atoms with Gasteiger partial charge in [0.15, 0.2) is 0 Å². The number of likely N-dealkylation sites (tertiary alicyclic amines) is 1. The van der Waals surface area contributed by atoms with Crippen molar-refractivity contribution in [2.24, 2.45) is 5.92 Å². The smallest absolute Gasteiger partial charge is 0.314 e. The number of ether oxygens (including phenoxy) is 1. The molecular weight excluding hydrogens is 286 g/mol. The number of thiophene rings is 1. The van der Waals surface area contributed by atoms with E-state index < -0.39 is 0 Å². The Morgan fingerprint density at radius 2 is 2.43 bits per heavy atom. The highest BCUT2D eigenvalue weighted by molar-refractivity contribution is 7.09. The van der Waals surface area contributed by atoms with E-state index in [-0.39, 0.29) is 6.03 Å². The summed E-state index contributed by atoms with van der Waals surface area (Å²) in [5.74, 6) is 0.560. The van der Waals surface area contributed by atoms with Gasteiger partial charge in [-0.3, -0.25) is 0 Å². The summed E-state index contributed by atoms with van der Waals surface area (Å²) in [5.41, 5.74) is 0. The molecular formula is C15H25N3O2S. The Morgan fingerprint density at radius 1 is 1.52 bits per heavy atom. The average molecular weight is 311 g/mol. The Labute approximate surface area is 130 Å². The second-order valence-electron chi connectivity index (χ2n) is 5.41. The lowest BCUT2D eigenvalue weighted by Gasteiger charge is -2.15. The van der Waals surface area contributed by atoms with E-state index in [2.05, 4.69) is 27.0 Å². The maximum Gasteiger partial charge on any atom is 0.314 e. The number of nitrogens with one attached hydrogen (secondary N) is 2. The molecule has 1 fully saturated rings. The summed E-state index contributed by atoms with van der Waals surface area (Å²) in [7, 11) is 1.73. The van der Waals surface area contributed by atoms with Gasteiger partial charge in [0.1, 0.15) is 0 Å². The number of hydrogen-bond acceptors (Lipinski definition) is 4. The first-order valence-electron chi connectivity index (χ1n) is 7.53. The van der Waals surface area contributed by atoms with Gasteiger partial charge in [-0.1, -0.05) is 6.07 Å². The van der Waals surface area contributed by atoms with Crippen LogP contribution < -0.4 is 10.6 Å². The second kappa shape index (κ2) is 9.02. The highest BCUT2D eigenvalue weighted by Crippen LogP contribution is 2.14. The largest absolute Gasteiger partial charge is 0.383 e. The lowest BCUT2D eigenvalue weighted by molar-refractivity contribution is 0.159. The zero-order valence-electron chi connectivity index (χ0n) is 12.6. The molecule has 6 heteroatoms. The van der Waals surface area contributed by atoms with E-state index in [0.29, 0.717) is 12.5 Å². The molecule has 5 nitrogen and oxygen atoms in total. The molecule has 0 bridgehead atoms. The number of urea groups is 1. The molecule has 1 aliphatic heterocycles. The fraction of sp³-hybridized carbons (Fsp3) is 0.667. The van der Waals surface area contributed by atoms with Gasteiger partial charge >= 0.3 is 6.03 Å². The first-order valence-corrected chi connectivity index (χ1v) is 8.41. The zero-order valence-corrected chi connectivity index (χ0v) is 13.5. The monoisotopic (exact) mass is 311 g/mol. The third kappa shape index (κ3) is 6.03. The first-order chi connectivity index (χ1) is 10.3. The first kappa shape index (κ1) is 16.3. The molecule has 2 N–H and O–H groups in total. The van der Waals surface area contributed by atoms with E-state index >= 15 is 0 Å². The topological polar surface area (TPSA) is 53.6 Å². The molecule has 0 aromatic carbocycles. The van der Waals surface area contributed by atoms with Gasteiger partial charge in [0, 0.05) is 38.2 Å². The molecule has 1 unspecified atom stereocenters. The van der Waals surface area contributed by atoms with E-state index in [1.54, 1.807) is 18.4 Å². The van der Waals surface area contributed by atoms with E-state index in [1.165, 1.54) is 4.88 Å². The Morgan fingerprint density at radius 3 is 3.19 bits per heavy atom. The van der Waals surface area contributed by atoms with E-state index in [1.807, 2.05) is 6.07 Å². The molecule has 0 saturated carbocycles. The van der Waals surface area contributed by atoms with Crippen molar-refractivity contribution in [3.8, 4) is 0 Å². The number of carbonyl (C=O) groups excluding carboxylic acids is 1. The van der Waals surface area contributed by atoms with Crippen molar-refractivity contribution >= 4 is 17.4 Å². The quantitative estimate of drug-likeness (QED) is 0.766. The molecule has 1 aromatic rings. The molecule has 0 aliphatic carbocycles. The molecule has 21 heavy (non-hydrogen) atoms. The molecule has 1 aliphatic rings. The number of rotatable bonds is 8. The second-order valence-corrected chi connectivity index (χ2v) is 6.45. The fourth-order valence-electron chi connectivity index (χ4n) is 2.56. The summed E-state index contributed by atoms with van der Waals surface area (Å²) in [4.78, 5) is 15.4. The fourth-order valence-corrected chi connectivity index (χ4v) is 3.27. The lowest BCUT2D eigenvalue weighted by atomic mass is 10.1. The molecule has 0 radical (unpaired) electrons.